The highest BCUT2D eigenvalue weighted by Gasteiger charge is 2.31. The van der Waals surface area contributed by atoms with E-state index in [9.17, 15) is 22.0 Å². The Morgan fingerprint density at radius 3 is 2.09 bits per heavy atom. The third-order valence-electron chi connectivity index (χ3n) is 4.04. The molecule has 0 heterocycles. The van der Waals surface area contributed by atoms with E-state index >= 15 is 0 Å². The first kappa shape index (κ1) is 15.0. The molecule has 1 aliphatic rings. The molecule has 0 saturated heterocycles. The summed E-state index contributed by atoms with van der Waals surface area (Å²) in [4.78, 5) is 0. The molecule has 22 heavy (non-hydrogen) atoms. The Balaban J connectivity index is 2.20. The highest BCUT2D eigenvalue weighted by atomic mass is 19.2. The van der Waals surface area contributed by atoms with Crippen LogP contribution in [0.3, 0.4) is 0 Å². The van der Waals surface area contributed by atoms with Crippen molar-refractivity contribution in [2.75, 3.05) is 6.67 Å². The molecule has 0 amide bonds. The molecule has 2 aromatic rings. The first-order valence-electron chi connectivity index (χ1n) is 6.99. The van der Waals surface area contributed by atoms with E-state index in [1.807, 2.05) is 0 Å². The predicted octanol–water partition coefficient (Wildman–Crippen LogP) is 5.02. The first-order valence-corrected chi connectivity index (χ1v) is 6.99. The van der Waals surface area contributed by atoms with E-state index in [1.165, 1.54) is 19.1 Å². The molecular weight excluding hydrogens is 299 g/mol. The van der Waals surface area contributed by atoms with Crippen LogP contribution < -0.4 is 0 Å². The van der Waals surface area contributed by atoms with Crippen molar-refractivity contribution in [1.82, 2.24) is 0 Å². The van der Waals surface area contributed by atoms with E-state index in [4.69, 9.17) is 0 Å². The van der Waals surface area contributed by atoms with Crippen LogP contribution in [0.4, 0.5) is 22.0 Å². The Labute approximate surface area is 124 Å². The van der Waals surface area contributed by atoms with Crippen LogP contribution >= 0.6 is 0 Å². The first-order chi connectivity index (χ1) is 10.5. The number of hydrogen-bond acceptors (Lipinski definition) is 0. The van der Waals surface area contributed by atoms with Gasteiger partial charge < -0.3 is 0 Å². The molecule has 116 valence electrons. The molecule has 2 aromatic carbocycles. The van der Waals surface area contributed by atoms with Crippen LogP contribution in [0.25, 0.3) is 11.1 Å². The molecule has 0 bridgehead atoms. The molecular formula is C17H13F5. The van der Waals surface area contributed by atoms with Crippen LogP contribution in [0.15, 0.2) is 12.1 Å². The van der Waals surface area contributed by atoms with Gasteiger partial charge in [0.1, 0.15) is 0 Å². The van der Waals surface area contributed by atoms with Gasteiger partial charge in [0.15, 0.2) is 23.3 Å². The van der Waals surface area contributed by atoms with Crippen molar-refractivity contribution in [3.05, 3.63) is 57.7 Å². The van der Waals surface area contributed by atoms with E-state index in [2.05, 4.69) is 0 Å². The number of aryl methyl sites for hydroxylation is 2. The van der Waals surface area contributed by atoms with Crippen molar-refractivity contribution in [3.8, 4) is 11.1 Å². The van der Waals surface area contributed by atoms with Gasteiger partial charge in [-0.05, 0) is 48.4 Å². The summed E-state index contributed by atoms with van der Waals surface area (Å²) < 4.78 is 68.5. The van der Waals surface area contributed by atoms with Crippen molar-refractivity contribution in [1.29, 1.82) is 0 Å². The third kappa shape index (κ3) is 2.11. The van der Waals surface area contributed by atoms with Gasteiger partial charge in [0.25, 0.3) is 0 Å². The third-order valence-corrected chi connectivity index (χ3v) is 4.04. The quantitative estimate of drug-likeness (QED) is 0.595. The van der Waals surface area contributed by atoms with Gasteiger partial charge in [-0.1, -0.05) is 12.1 Å². The fourth-order valence-corrected chi connectivity index (χ4v) is 3.02. The number of halogens is 5. The number of fused-ring (bicyclic) bond motifs is 3. The lowest BCUT2D eigenvalue weighted by Gasteiger charge is -2.10. The Morgan fingerprint density at radius 1 is 0.864 bits per heavy atom. The molecule has 5 heteroatoms. The molecule has 3 rings (SSSR count). The maximum atomic E-state index is 14.3. The fraction of sp³-hybridized carbons (Fsp3) is 0.294. The SMILES string of the molecule is Cc1cc2c(c(F)c1F)-c1c(cc(CCCF)c(F)c1F)C2. The summed E-state index contributed by atoms with van der Waals surface area (Å²) in [5.74, 6) is -4.50. The van der Waals surface area contributed by atoms with E-state index in [0.717, 1.165) is 0 Å². The normalized spacial score (nSPS) is 12.5. The summed E-state index contributed by atoms with van der Waals surface area (Å²) in [6.45, 7) is 0.794. The monoisotopic (exact) mass is 312 g/mol. The van der Waals surface area contributed by atoms with Crippen molar-refractivity contribution in [2.24, 2.45) is 0 Å². The van der Waals surface area contributed by atoms with Gasteiger partial charge >= 0.3 is 0 Å². The predicted molar refractivity (Wildman–Crippen MR) is 73.5 cm³/mol. The van der Waals surface area contributed by atoms with Gasteiger partial charge in [-0.2, -0.15) is 0 Å². The standard InChI is InChI=1S/C17H13F5/c1-8-5-10-7-11-6-9(3-2-4-18)15(20)17(22)13(11)12(10)16(21)14(8)19/h5-6H,2-4,7H2,1H3. The maximum absolute atomic E-state index is 14.3. The lowest BCUT2D eigenvalue weighted by molar-refractivity contribution is 0.460. The summed E-state index contributed by atoms with van der Waals surface area (Å²) in [6.07, 6.45) is 0.367. The summed E-state index contributed by atoms with van der Waals surface area (Å²) in [7, 11) is 0. The maximum Gasteiger partial charge on any atom is 0.167 e. The summed E-state index contributed by atoms with van der Waals surface area (Å²) in [6, 6.07) is 2.88. The lowest BCUT2D eigenvalue weighted by atomic mass is 9.99. The molecule has 0 fully saturated rings. The number of hydrogen-bond donors (Lipinski definition) is 0. The van der Waals surface area contributed by atoms with Gasteiger partial charge in [0, 0.05) is 11.1 Å². The largest absolute Gasteiger partial charge is 0.251 e. The zero-order valence-electron chi connectivity index (χ0n) is 11.9. The molecule has 0 aliphatic heterocycles. The number of rotatable bonds is 3. The average molecular weight is 312 g/mol. The van der Waals surface area contributed by atoms with E-state index in [1.54, 1.807) is 0 Å². The molecule has 1 aliphatic carbocycles. The van der Waals surface area contributed by atoms with Gasteiger partial charge in [0.05, 0.1) is 6.67 Å². The molecule has 0 N–H and O–H groups in total. The zero-order chi connectivity index (χ0) is 16.0. The van der Waals surface area contributed by atoms with Gasteiger partial charge in [-0.3, -0.25) is 4.39 Å². The van der Waals surface area contributed by atoms with Crippen LogP contribution in [-0.2, 0) is 12.8 Å². The lowest BCUT2D eigenvalue weighted by Crippen LogP contribution is -2.01. The fourth-order valence-electron chi connectivity index (χ4n) is 3.02. The van der Waals surface area contributed by atoms with Crippen molar-refractivity contribution >= 4 is 0 Å². The summed E-state index contributed by atoms with van der Waals surface area (Å²) >= 11 is 0. The molecule has 0 spiro atoms. The summed E-state index contributed by atoms with van der Waals surface area (Å²) in [5, 5.41) is 0. The molecule has 0 unspecified atom stereocenters. The Bertz CT molecular complexity index is 765. The highest BCUT2D eigenvalue weighted by molar-refractivity contribution is 5.78. The van der Waals surface area contributed by atoms with E-state index in [-0.39, 0.29) is 41.5 Å². The van der Waals surface area contributed by atoms with Gasteiger partial charge in [-0.15, -0.1) is 0 Å². The smallest absolute Gasteiger partial charge is 0.167 e. The second-order valence-electron chi connectivity index (χ2n) is 5.52. The minimum atomic E-state index is -1.19. The van der Waals surface area contributed by atoms with Gasteiger partial charge in [-0.25, -0.2) is 17.6 Å². The number of alkyl halides is 1. The van der Waals surface area contributed by atoms with Crippen molar-refractivity contribution < 1.29 is 22.0 Å². The molecule has 0 radical (unpaired) electrons. The second kappa shape index (κ2) is 5.38. The molecule has 0 saturated carbocycles. The van der Waals surface area contributed by atoms with Crippen LogP contribution in [0.1, 0.15) is 28.7 Å². The number of benzene rings is 2. The molecule has 0 atom stereocenters. The van der Waals surface area contributed by atoms with Crippen LogP contribution in [-0.4, -0.2) is 6.67 Å². The van der Waals surface area contributed by atoms with E-state index in [0.29, 0.717) is 11.1 Å². The zero-order valence-corrected chi connectivity index (χ0v) is 11.9. The topological polar surface area (TPSA) is 0 Å². The van der Waals surface area contributed by atoms with Crippen molar-refractivity contribution in [2.45, 2.75) is 26.2 Å². The van der Waals surface area contributed by atoms with Crippen molar-refractivity contribution in [3.63, 3.8) is 0 Å². The summed E-state index contributed by atoms with van der Waals surface area (Å²) in [5.41, 5.74) is 0.625. The minimum absolute atomic E-state index is 0.0682. The minimum Gasteiger partial charge on any atom is -0.251 e. The van der Waals surface area contributed by atoms with Crippen LogP contribution in [0, 0.1) is 30.2 Å². The average Bonchev–Trinajstić information content (AvgIpc) is 2.85. The van der Waals surface area contributed by atoms with Crippen LogP contribution in [0.5, 0.6) is 0 Å². The Morgan fingerprint density at radius 2 is 1.45 bits per heavy atom. The Hall–Kier alpha value is -1.91. The Kier molecular flexibility index (Phi) is 3.67. The molecule has 0 aromatic heterocycles. The van der Waals surface area contributed by atoms with Crippen LogP contribution in [0.2, 0.25) is 0 Å². The molecule has 0 nitrogen and oxygen atoms in total. The second-order valence-corrected chi connectivity index (χ2v) is 5.52. The van der Waals surface area contributed by atoms with E-state index < -0.39 is 29.9 Å². The van der Waals surface area contributed by atoms with Gasteiger partial charge in [0.2, 0.25) is 0 Å². The highest BCUT2D eigenvalue weighted by Crippen LogP contribution is 2.43.